The van der Waals surface area contributed by atoms with Crippen LogP contribution >= 0.6 is 11.8 Å². The summed E-state index contributed by atoms with van der Waals surface area (Å²) in [6.45, 7) is 0.661. The topological polar surface area (TPSA) is 96.3 Å². The molecule has 0 atom stereocenters. The van der Waals surface area contributed by atoms with Crippen molar-refractivity contribution in [3.8, 4) is 5.69 Å². The lowest BCUT2D eigenvalue weighted by Crippen LogP contribution is -2.34. The molecular formula is C18H13FN4O3S. The Balaban J connectivity index is 1.76. The molecule has 9 heteroatoms. The van der Waals surface area contributed by atoms with Gasteiger partial charge in [-0.3, -0.25) is 14.6 Å². The largest absolute Gasteiger partial charge is 0.333 e. The van der Waals surface area contributed by atoms with Gasteiger partial charge in [0, 0.05) is 11.3 Å². The number of nitrogens with zero attached hydrogens (tertiary/aromatic N) is 2. The smallest absolute Gasteiger partial charge is 0.306 e. The van der Waals surface area contributed by atoms with Crippen molar-refractivity contribution in [2.24, 2.45) is 4.99 Å². The van der Waals surface area contributed by atoms with Gasteiger partial charge in [0.25, 0.3) is 11.5 Å². The second-order valence-corrected chi connectivity index (χ2v) is 6.88. The Morgan fingerprint density at radius 3 is 2.67 bits per heavy atom. The van der Waals surface area contributed by atoms with Gasteiger partial charge in [0.1, 0.15) is 5.82 Å². The molecule has 0 bridgehead atoms. The van der Waals surface area contributed by atoms with Crippen molar-refractivity contribution in [1.82, 2.24) is 14.9 Å². The molecule has 2 N–H and O–H groups in total. The minimum Gasteiger partial charge on any atom is -0.306 e. The molecular weight excluding hydrogens is 371 g/mol. The molecule has 2 heterocycles. The number of aromatic nitrogens is 2. The second-order valence-electron chi connectivity index (χ2n) is 5.80. The lowest BCUT2D eigenvalue weighted by Gasteiger charge is -2.08. The molecule has 7 nitrogen and oxygen atoms in total. The lowest BCUT2D eigenvalue weighted by molar-refractivity contribution is 0.0978. The quantitative estimate of drug-likeness (QED) is 0.702. The highest BCUT2D eigenvalue weighted by atomic mass is 32.2. The van der Waals surface area contributed by atoms with Crippen LogP contribution in [0.2, 0.25) is 0 Å². The normalized spacial score (nSPS) is 13.6. The summed E-state index contributed by atoms with van der Waals surface area (Å²) in [5.41, 5.74) is -0.428. The zero-order chi connectivity index (χ0) is 19.0. The maximum absolute atomic E-state index is 13.1. The molecule has 1 aliphatic rings. The van der Waals surface area contributed by atoms with E-state index in [1.807, 2.05) is 0 Å². The average Bonchev–Trinajstić information content (AvgIpc) is 3.16. The Morgan fingerprint density at radius 2 is 1.96 bits per heavy atom. The van der Waals surface area contributed by atoms with E-state index in [9.17, 15) is 18.8 Å². The molecule has 2 aromatic carbocycles. The SMILES string of the molecule is O=C(NC1=NCCS1)c1ccc2c(=O)n(-c3ccc(F)cc3)c(=O)[nH]c2c1. The number of nitrogens with one attached hydrogen (secondary N) is 2. The molecule has 0 spiro atoms. The second kappa shape index (κ2) is 6.84. The van der Waals surface area contributed by atoms with E-state index in [0.717, 1.165) is 10.3 Å². The number of aromatic amines is 1. The molecule has 3 aromatic rings. The van der Waals surface area contributed by atoms with E-state index >= 15 is 0 Å². The highest BCUT2D eigenvalue weighted by molar-refractivity contribution is 8.14. The summed E-state index contributed by atoms with van der Waals surface area (Å²) in [4.78, 5) is 44.2. The maximum atomic E-state index is 13.1. The molecule has 0 radical (unpaired) electrons. The third-order valence-electron chi connectivity index (χ3n) is 4.05. The van der Waals surface area contributed by atoms with Gasteiger partial charge in [-0.05, 0) is 42.5 Å². The molecule has 0 saturated heterocycles. The molecule has 136 valence electrons. The van der Waals surface area contributed by atoms with Crippen LogP contribution in [0.5, 0.6) is 0 Å². The summed E-state index contributed by atoms with van der Waals surface area (Å²) in [5, 5.41) is 3.49. The first-order chi connectivity index (χ1) is 13.0. The highest BCUT2D eigenvalue weighted by Gasteiger charge is 2.15. The molecule has 0 fully saturated rings. The van der Waals surface area contributed by atoms with Crippen molar-refractivity contribution in [1.29, 1.82) is 0 Å². The number of amidine groups is 1. The first-order valence-electron chi connectivity index (χ1n) is 8.06. The van der Waals surface area contributed by atoms with Crippen molar-refractivity contribution in [2.45, 2.75) is 0 Å². The fourth-order valence-corrected chi connectivity index (χ4v) is 3.49. The highest BCUT2D eigenvalue weighted by Crippen LogP contribution is 2.13. The van der Waals surface area contributed by atoms with E-state index in [-0.39, 0.29) is 22.5 Å². The van der Waals surface area contributed by atoms with Gasteiger partial charge < -0.3 is 10.3 Å². The predicted octanol–water partition coefficient (Wildman–Crippen LogP) is 1.65. The van der Waals surface area contributed by atoms with Gasteiger partial charge in [-0.25, -0.2) is 13.8 Å². The first-order valence-corrected chi connectivity index (χ1v) is 9.05. The van der Waals surface area contributed by atoms with E-state index in [1.165, 1.54) is 54.2 Å². The summed E-state index contributed by atoms with van der Waals surface area (Å²) in [6, 6.07) is 9.46. The van der Waals surface area contributed by atoms with Crippen LogP contribution in [0.1, 0.15) is 10.4 Å². The zero-order valence-corrected chi connectivity index (χ0v) is 14.7. The zero-order valence-electron chi connectivity index (χ0n) is 13.9. The Labute approximate surface area is 155 Å². The van der Waals surface area contributed by atoms with Crippen LogP contribution in [0.15, 0.2) is 57.0 Å². The van der Waals surface area contributed by atoms with Gasteiger partial charge in [-0.2, -0.15) is 0 Å². The van der Waals surface area contributed by atoms with Crippen molar-refractivity contribution in [2.75, 3.05) is 12.3 Å². The number of fused-ring (bicyclic) bond motifs is 1. The number of aliphatic imine (C=N–C) groups is 1. The number of carbonyl (C=O) groups is 1. The average molecular weight is 384 g/mol. The van der Waals surface area contributed by atoms with Gasteiger partial charge in [-0.1, -0.05) is 11.8 Å². The summed E-state index contributed by atoms with van der Waals surface area (Å²) in [7, 11) is 0. The molecule has 1 aromatic heterocycles. The van der Waals surface area contributed by atoms with Crippen LogP contribution in [0.4, 0.5) is 4.39 Å². The molecule has 0 unspecified atom stereocenters. The van der Waals surface area contributed by atoms with Gasteiger partial charge in [0.05, 0.1) is 23.1 Å². The van der Waals surface area contributed by atoms with E-state index < -0.39 is 17.1 Å². The maximum Gasteiger partial charge on any atom is 0.333 e. The molecule has 1 aliphatic heterocycles. The van der Waals surface area contributed by atoms with Crippen molar-refractivity contribution >= 4 is 33.7 Å². The number of H-pyrrole nitrogens is 1. The number of amides is 1. The third kappa shape index (κ3) is 3.28. The molecule has 0 aliphatic carbocycles. The summed E-state index contributed by atoms with van der Waals surface area (Å²) in [5.74, 6) is -0.0119. The Bertz CT molecular complexity index is 1200. The van der Waals surface area contributed by atoms with E-state index in [2.05, 4.69) is 15.3 Å². The van der Waals surface area contributed by atoms with E-state index in [4.69, 9.17) is 0 Å². The van der Waals surface area contributed by atoms with Gasteiger partial charge in [-0.15, -0.1) is 0 Å². The minimum absolute atomic E-state index is 0.239. The number of hydrogen-bond donors (Lipinski definition) is 2. The predicted molar refractivity (Wildman–Crippen MR) is 102 cm³/mol. The number of carbonyl (C=O) groups excluding carboxylic acids is 1. The van der Waals surface area contributed by atoms with Crippen molar-refractivity contribution in [3.63, 3.8) is 0 Å². The lowest BCUT2D eigenvalue weighted by atomic mass is 10.1. The molecule has 4 rings (SSSR count). The minimum atomic E-state index is -0.674. The standard InChI is InChI=1S/C18H13FN4O3S/c19-11-2-4-12(5-3-11)23-16(25)13-6-1-10(9-14(13)21-18(23)26)15(24)22-17-20-7-8-27-17/h1-6,9H,7-8H2,(H,21,26)(H,20,22,24). The van der Waals surface area contributed by atoms with Crippen LogP contribution < -0.4 is 16.6 Å². The van der Waals surface area contributed by atoms with Crippen LogP contribution in [-0.4, -0.2) is 32.9 Å². The molecule has 1 amide bonds. The third-order valence-corrected chi connectivity index (χ3v) is 4.94. The van der Waals surface area contributed by atoms with E-state index in [0.29, 0.717) is 17.3 Å². The molecule has 0 saturated carbocycles. The number of benzene rings is 2. The summed E-state index contributed by atoms with van der Waals surface area (Å²) < 4.78 is 14.0. The number of thioether (sulfide) groups is 1. The van der Waals surface area contributed by atoms with Crippen LogP contribution in [0.3, 0.4) is 0 Å². The number of rotatable bonds is 2. The monoisotopic (exact) mass is 384 g/mol. The van der Waals surface area contributed by atoms with Crippen molar-refractivity contribution in [3.05, 3.63) is 74.7 Å². The number of hydrogen-bond acceptors (Lipinski definition) is 5. The van der Waals surface area contributed by atoms with Gasteiger partial charge in [0.15, 0.2) is 5.17 Å². The fourth-order valence-electron chi connectivity index (χ4n) is 2.76. The van der Waals surface area contributed by atoms with Gasteiger partial charge in [0.2, 0.25) is 0 Å². The Hall–Kier alpha value is -3.20. The van der Waals surface area contributed by atoms with Crippen molar-refractivity contribution < 1.29 is 9.18 Å². The number of halogens is 1. The summed E-state index contributed by atoms with van der Waals surface area (Å²) in [6.07, 6.45) is 0. The van der Waals surface area contributed by atoms with Crippen LogP contribution in [0, 0.1) is 5.82 Å². The van der Waals surface area contributed by atoms with E-state index in [1.54, 1.807) is 0 Å². The Morgan fingerprint density at radius 1 is 1.19 bits per heavy atom. The fraction of sp³-hybridized carbons (Fsp3) is 0.111. The first kappa shape index (κ1) is 17.2. The Kier molecular flexibility index (Phi) is 4.36. The molecule has 27 heavy (non-hydrogen) atoms. The summed E-state index contributed by atoms with van der Waals surface area (Å²) >= 11 is 1.45. The van der Waals surface area contributed by atoms with Gasteiger partial charge >= 0.3 is 5.69 Å². The van der Waals surface area contributed by atoms with Crippen LogP contribution in [-0.2, 0) is 0 Å². The van der Waals surface area contributed by atoms with Crippen LogP contribution in [0.25, 0.3) is 16.6 Å².